The Morgan fingerprint density at radius 1 is 1.29 bits per heavy atom. The van der Waals surface area contributed by atoms with Gasteiger partial charge in [-0.1, -0.05) is 27.5 Å². The number of aliphatic hydroxyl groups is 1. The predicted octanol–water partition coefficient (Wildman–Crippen LogP) is 5.61. The molecule has 2 rings (SSSR count). The Hall–Kier alpha value is 0.860. The maximum absolute atomic E-state index is 10.3. The van der Waals surface area contributed by atoms with Crippen LogP contribution < -0.4 is 0 Å². The Labute approximate surface area is 139 Å². The first-order valence-corrected chi connectivity index (χ1v) is 8.42. The molecule has 0 spiro atoms. The second-order valence-corrected chi connectivity index (χ2v) is 7.96. The fourth-order valence-electron chi connectivity index (χ4n) is 1.38. The summed E-state index contributed by atoms with van der Waals surface area (Å²) in [7, 11) is 0. The van der Waals surface area contributed by atoms with Crippen molar-refractivity contribution in [1.29, 1.82) is 0 Å². The lowest BCUT2D eigenvalue weighted by atomic mass is 10.1. The number of halogens is 4. The number of benzene rings is 1. The SMILES string of the molecule is OC(c1cc(Br)c(Cl)s1)c1cc(Br)ccc1I. The minimum atomic E-state index is -0.645. The van der Waals surface area contributed by atoms with Crippen LogP contribution in [0.2, 0.25) is 4.34 Å². The van der Waals surface area contributed by atoms with Crippen LogP contribution in [0.5, 0.6) is 0 Å². The van der Waals surface area contributed by atoms with Gasteiger partial charge in [0.15, 0.2) is 0 Å². The molecule has 1 nitrogen and oxygen atoms in total. The van der Waals surface area contributed by atoms with Gasteiger partial charge < -0.3 is 5.11 Å². The minimum absolute atomic E-state index is 0.645. The molecule has 0 radical (unpaired) electrons. The number of thiophene rings is 1. The third-order valence-electron chi connectivity index (χ3n) is 2.19. The summed E-state index contributed by atoms with van der Waals surface area (Å²) in [6.45, 7) is 0. The van der Waals surface area contributed by atoms with Gasteiger partial charge in [0.25, 0.3) is 0 Å². The molecule has 0 aliphatic carbocycles. The Bertz CT molecular complexity index is 539. The van der Waals surface area contributed by atoms with E-state index in [4.69, 9.17) is 11.6 Å². The quantitative estimate of drug-likeness (QED) is 0.523. The highest BCUT2D eigenvalue weighted by Crippen LogP contribution is 2.38. The van der Waals surface area contributed by atoms with E-state index in [0.29, 0.717) is 4.34 Å². The topological polar surface area (TPSA) is 20.2 Å². The summed E-state index contributed by atoms with van der Waals surface area (Å²) in [5, 5.41) is 10.3. The Balaban J connectivity index is 2.42. The molecule has 2 aromatic rings. The average Bonchev–Trinajstić information content (AvgIpc) is 2.62. The van der Waals surface area contributed by atoms with Crippen molar-refractivity contribution in [2.24, 2.45) is 0 Å². The molecule has 0 aliphatic rings. The molecule has 0 amide bonds. The molecule has 17 heavy (non-hydrogen) atoms. The molecule has 1 atom stereocenters. The first kappa shape index (κ1) is 14.3. The molecule has 1 heterocycles. The molecule has 0 aliphatic heterocycles. The molecule has 6 heteroatoms. The van der Waals surface area contributed by atoms with Crippen LogP contribution in [-0.2, 0) is 0 Å². The van der Waals surface area contributed by atoms with Crippen molar-refractivity contribution >= 4 is 77.4 Å². The highest BCUT2D eigenvalue weighted by atomic mass is 127. The van der Waals surface area contributed by atoms with Gasteiger partial charge in [0, 0.05) is 23.0 Å². The monoisotopic (exact) mass is 506 g/mol. The zero-order valence-corrected chi connectivity index (χ0v) is 15.2. The Kier molecular flexibility index (Phi) is 4.94. The van der Waals surface area contributed by atoms with Gasteiger partial charge in [0.1, 0.15) is 10.4 Å². The zero-order chi connectivity index (χ0) is 12.6. The zero-order valence-electron chi connectivity index (χ0n) is 8.25. The Morgan fingerprint density at radius 2 is 2.00 bits per heavy atom. The van der Waals surface area contributed by atoms with E-state index < -0.39 is 6.10 Å². The fourth-order valence-corrected chi connectivity index (χ4v) is 4.13. The molecule has 0 fully saturated rings. The van der Waals surface area contributed by atoms with E-state index in [1.54, 1.807) is 0 Å². The van der Waals surface area contributed by atoms with E-state index in [2.05, 4.69) is 54.5 Å². The van der Waals surface area contributed by atoms with Gasteiger partial charge in [-0.3, -0.25) is 0 Å². The molecule has 0 saturated carbocycles. The summed E-state index contributed by atoms with van der Waals surface area (Å²) in [6, 6.07) is 7.70. The molecular formula is C11H6Br2ClIOS. The highest BCUT2D eigenvalue weighted by molar-refractivity contribution is 14.1. The third kappa shape index (κ3) is 3.25. The van der Waals surface area contributed by atoms with E-state index in [1.165, 1.54) is 11.3 Å². The van der Waals surface area contributed by atoms with Crippen LogP contribution in [0.1, 0.15) is 16.5 Å². The van der Waals surface area contributed by atoms with E-state index >= 15 is 0 Å². The van der Waals surface area contributed by atoms with Gasteiger partial charge in [0.2, 0.25) is 0 Å². The van der Waals surface area contributed by atoms with Crippen LogP contribution in [0, 0.1) is 3.57 Å². The summed E-state index contributed by atoms with van der Waals surface area (Å²) in [4.78, 5) is 0.831. The standard InChI is InChI=1S/C11H6Br2ClIOS/c12-5-1-2-8(15)6(3-5)10(16)9-4-7(13)11(14)17-9/h1-4,10,16H. The maximum atomic E-state index is 10.3. The van der Waals surface area contributed by atoms with Crippen molar-refractivity contribution in [1.82, 2.24) is 0 Å². The van der Waals surface area contributed by atoms with Crippen molar-refractivity contribution in [3.05, 3.63) is 51.6 Å². The van der Waals surface area contributed by atoms with Gasteiger partial charge in [-0.05, 0) is 62.8 Å². The Morgan fingerprint density at radius 3 is 2.59 bits per heavy atom. The maximum Gasteiger partial charge on any atom is 0.114 e. The van der Waals surface area contributed by atoms with Gasteiger partial charge in [0.05, 0.1) is 0 Å². The van der Waals surface area contributed by atoms with Crippen LogP contribution in [0.4, 0.5) is 0 Å². The molecule has 1 unspecified atom stereocenters. The van der Waals surface area contributed by atoms with Crippen LogP contribution in [-0.4, -0.2) is 5.11 Å². The van der Waals surface area contributed by atoms with E-state index in [1.807, 2.05) is 24.3 Å². The lowest BCUT2D eigenvalue weighted by Crippen LogP contribution is -1.99. The van der Waals surface area contributed by atoms with Crippen LogP contribution in [0.3, 0.4) is 0 Å². The van der Waals surface area contributed by atoms with Gasteiger partial charge >= 0.3 is 0 Å². The molecule has 0 bridgehead atoms. The highest BCUT2D eigenvalue weighted by Gasteiger charge is 2.17. The summed E-state index contributed by atoms with van der Waals surface area (Å²) < 4.78 is 3.46. The first-order chi connectivity index (χ1) is 7.99. The summed E-state index contributed by atoms with van der Waals surface area (Å²) in [5.41, 5.74) is 0.880. The van der Waals surface area contributed by atoms with Crippen molar-refractivity contribution in [3.8, 4) is 0 Å². The van der Waals surface area contributed by atoms with E-state index in [0.717, 1.165) is 23.0 Å². The molecule has 0 saturated heterocycles. The van der Waals surface area contributed by atoms with Gasteiger partial charge in [-0.25, -0.2) is 0 Å². The average molecular weight is 508 g/mol. The minimum Gasteiger partial charge on any atom is -0.383 e. The predicted molar refractivity (Wildman–Crippen MR) is 87.9 cm³/mol. The normalized spacial score (nSPS) is 12.8. The molecular weight excluding hydrogens is 502 g/mol. The molecule has 1 aromatic carbocycles. The molecule has 1 N–H and O–H groups in total. The van der Waals surface area contributed by atoms with Gasteiger partial charge in [-0.15, -0.1) is 11.3 Å². The fraction of sp³-hybridized carbons (Fsp3) is 0.0909. The number of aliphatic hydroxyl groups excluding tert-OH is 1. The second kappa shape index (κ2) is 5.88. The number of hydrogen-bond acceptors (Lipinski definition) is 2. The number of hydrogen-bond donors (Lipinski definition) is 1. The summed E-state index contributed by atoms with van der Waals surface area (Å²) in [6.07, 6.45) is -0.645. The van der Waals surface area contributed by atoms with Crippen LogP contribution >= 0.6 is 77.4 Å². The summed E-state index contributed by atoms with van der Waals surface area (Å²) in [5.74, 6) is 0. The first-order valence-electron chi connectivity index (χ1n) is 4.57. The largest absolute Gasteiger partial charge is 0.383 e. The van der Waals surface area contributed by atoms with Crippen LogP contribution in [0.15, 0.2) is 33.2 Å². The summed E-state index contributed by atoms with van der Waals surface area (Å²) >= 11 is 16.3. The van der Waals surface area contributed by atoms with Crippen molar-refractivity contribution < 1.29 is 5.11 Å². The van der Waals surface area contributed by atoms with Gasteiger partial charge in [-0.2, -0.15) is 0 Å². The van der Waals surface area contributed by atoms with Crippen LogP contribution in [0.25, 0.3) is 0 Å². The van der Waals surface area contributed by atoms with E-state index in [-0.39, 0.29) is 0 Å². The van der Waals surface area contributed by atoms with Crippen molar-refractivity contribution in [2.75, 3.05) is 0 Å². The number of rotatable bonds is 2. The smallest absolute Gasteiger partial charge is 0.114 e. The third-order valence-corrected chi connectivity index (χ3v) is 6.19. The second-order valence-electron chi connectivity index (χ2n) is 3.34. The van der Waals surface area contributed by atoms with Crippen molar-refractivity contribution in [2.45, 2.75) is 6.10 Å². The lowest BCUT2D eigenvalue weighted by Gasteiger charge is -2.11. The van der Waals surface area contributed by atoms with E-state index in [9.17, 15) is 5.11 Å². The lowest BCUT2D eigenvalue weighted by molar-refractivity contribution is 0.223. The molecule has 90 valence electrons. The molecule has 1 aromatic heterocycles. The van der Waals surface area contributed by atoms with Crippen molar-refractivity contribution in [3.63, 3.8) is 0 Å².